The third kappa shape index (κ3) is 3.22. The van der Waals surface area contributed by atoms with Crippen LogP contribution in [-0.2, 0) is 4.74 Å². The lowest BCUT2D eigenvalue weighted by atomic mass is 9.82. The van der Waals surface area contributed by atoms with Crippen molar-refractivity contribution in [2.75, 3.05) is 0 Å². The quantitative estimate of drug-likeness (QED) is 0.490. The first-order chi connectivity index (χ1) is 8.62. The van der Waals surface area contributed by atoms with Gasteiger partial charge in [-0.1, -0.05) is 15.9 Å². The van der Waals surface area contributed by atoms with E-state index in [9.17, 15) is 4.79 Å². The van der Waals surface area contributed by atoms with Crippen LogP contribution in [0.5, 0.6) is 0 Å². The summed E-state index contributed by atoms with van der Waals surface area (Å²) in [5.41, 5.74) is 0.103. The highest BCUT2D eigenvalue weighted by Gasteiger charge is 2.49. The first kappa shape index (κ1) is 15.4. The molecule has 2 rings (SSSR count). The highest BCUT2D eigenvalue weighted by Crippen LogP contribution is 2.44. The van der Waals surface area contributed by atoms with E-state index < -0.39 is 5.60 Å². The molecule has 0 spiro atoms. The minimum atomic E-state index is -0.415. The van der Waals surface area contributed by atoms with Crippen LogP contribution in [-0.4, -0.2) is 17.0 Å². The van der Waals surface area contributed by atoms with Crippen molar-refractivity contribution < 1.29 is 9.53 Å². The molecule has 1 aromatic rings. The molecule has 1 heterocycles. The van der Waals surface area contributed by atoms with Gasteiger partial charge in [0.25, 0.3) is 0 Å². The van der Waals surface area contributed by atoms with Gasteiger partial charge in [-0.3, -0.25) is 4.79 Å². The highest BCUT2D eigenvalue weighted by atomic mass is 127. The molecule has 1 atom stereocenters. The Kier molecular flexibility index (Phi) is 4.16. The molecule has 4 heteroatoms. The van der Waals surface area contributed by atoms with Gasteiger partial charge in [-0.15, -0.1) is 0 Å². The Bertz CT molecular complexity index is 523. The molecule has 104 valence electrons. The first-order valence-corrected chi connectivity index (χ1v) is 8.19. The summed E-state index contributed by atoms with van der Waals surface area (Å²) in [5.74, 6) is 0.0676. The zero-order valence-electron chi connectivity index (χ0n) is 11.6. The van der Waals surface area contributed by atoms with Crippen molar-refractivity contribution >= 4 is 44.3 Å². The largest absolute Gasteiger partial charge is 0.369 e. The Morgan fingerprint density at radius 1 is 1.37 bits per heavy atom. The molecule has 19 heavy (non-hydrogen) atoms. The number of ether oxygens (including phenoxy) is 1. The normalized spacial score (nSPS) is 24.4. The lowest BCUT2D eigenvalue weighted by Crippen LogP contribution is -2.34. The predicted octanol–water partition coefficient (Wildman–Crippen LogP) is 4.83. The summed E-state index contributed by atoms with van der Waals surface area (Å²) in [5, 5.41) is 0. The van der Waals surface area contributed by atoms with Crippen molar-refractivity contribution in [3.8, 4) is 0 Å². The Morgan fingerprint density at radius 3 is 2.53 bits per heavy atom. The number of hydrogen-bond donors (Lipinski definition) is 0. The zero-order chi connectivity index (χ0) is 14.4. The van der Waals surface area contributed by atoms with Crippen molar-refractivity contribution in [2.24, 2.45) is 5.92 Å². The standard InChI is InChI=1S/C15H18BrIO2/c1-14(2)8-11(15(3,4)19-14)13(18)10-7-9(17)5-6-12(10)16/h5-7,11H,8H2,1-4H3. The van der Waals surface area contributed by atoms with Crippen LogP contribution < -0.4 is 0 Å². The molecule has 0 radical (unpaired) electrons. The zero-order valence-corrected chi connectivity index (χ0v) is 15.3. The third-order valence-electron chi connectivity index (χ3n) is 3.58. The molecular weight excluding hydrogens is 419 g/mol. The first-order valence-electron chi connectivity index (χ1n) is 6.32. The molecule has 0 aromatic heterocycles. The number of ketones is 1. The number of halogens is 2. The lowest BCUT2D eigenvalue weighted by molar-refractivity contribution is -0.0712. The number of carbonyl (C=O) groups excluding carboxylic acids is 1. The molecule has 0 saturated carbocycles. The van der Waals surface area contributed by atoms with Gasteiger partial charge in [-0.05, 0) is 74.9 Å². The molecule has 0 aliphatic carbocycles. The second-order valence-electron chi connectivity index (χ2n) is 6.21. The molecule has 1 aromatic carbocycles. The summed E-state index contributed by atoms with van der Waals surface area (Å²) < 4.78 is 7.95. The van der Waals surface area contributed by atoms with Crippen LogP contribution in [0, 0.1) is 9.49 Å². The highest BCUT2D eigenvalue weighted by molar-refractivity contribution is 14.1. The van der Waals surface area contributed by atoms with Gasteiger partial charge < -0.3 is 4.74 Å². The van der Waals surface area contributed by atoms with E-state index in [1.54, 1.807) is 0 Å². The van der Waals surface area contributed by atoms with Crippen LogP contribution >= 0.6 is 38.5 Å². The van der Waals surface area contributed by atoms with Crippen LogP contribution in [0.2, 0.25) is 0 Å². The molecule has 1 saturated heterocycles. The molecular formula is C15H18BrIO2. The van der Waals surface area contributed by atoms with Gasteiger partial charge in [0.1, 0.15) is 0 Å². The predicted molar refractivity (Wildman–Crippen MR) is 88.5 cm³/mol. The van der Waals surface area contributed by atoms with Crippen molar-refractivity contribution in [1.29, 1.82) is 0 Å². The molecule has 1 unspecified atom stereocenters. The van der Waals surface area contributed by atoms with E-state index in [4.69, 9.17) is 4.74 Å². The SMILES string of the molecule is CC1(C)CC(C(=O)c2cc(I)ccc2Br)C(C)(C)O1. The number of carbonyl (C=O) groups is 1. The van der Waals surface area contributed by atoms with Crippen molar-refractivity contribution in [3.05, 3.63) is 31.8 Å². The monoisotopic (exact) mass is 436 g/mol. The van der Waals surface area contributed by atoms with Gasteiger partial charge in [-0.25, -0.2) is 0 Å². The summed E-state index contributed by atoms with van der Waals surface area (Å²) >= 11 is 5.71. The Balaban J connectivity index is 2.37. The maximum absolute atomic E-state index is 12.8. The van der Waals surface area contributed by atoms with Gasteiger partial charge >= 0.3 is 0 Å². The maximum atomic E-state index is 12.8. The second-order valence-corrected chi connectivity index (χ2v) is 8.31. The fraction of sp³-hybridized carbons (Fsp3) is 0.533. The number of benzene rings is 1. The van der Waals surface area contributed by atoms with Crippen LogP contribution in [0.4, 0.5) is 0 Å². The molecule has 1 aliphatic heterocycles. The van der Waals surface area contributed by atoms with Gasteiger partial charge in [0.2, 0.25) is 0 Å². The fourth-order valence-corrected chi connectivity index (χ4v) is 3.78. The topological polar surface area (TPSA) is 26.3 Å². The minimum absolute atomic E-state index is 0.100. The van der Waals surface area contributed by atoms with Crippen LogP contribution in [0.1, 0.15) is 44.5 Å². The summed E-state index contributed by atoms with van der Waals surface area (Å²) in [6.07, 6.45) is 0.761. The molecule has 1 fully saturated rings. The van der Waals surface area contributed by atoms with E-state index in [2.05, 4.69) is 38.5 Å². The van der Waals surface area contributed by atoms with Crippen LogP contribution in [0.25, 0.3) is 0 Å². The number of hydrogen-bond acceptors (Lipinski definition) is 2. The summed E-state index contributed by atoms with van der Waals surface area (Å²) in [6.45, 7) is 8.11. The Labute approximate surface area is 136 Å². The fourth-order valence-electron chi connectivity index (χ4n) is 2.84. The van der Waals surface area contributed by atoms with Crippen LogP contribution in [0.15, 0.2) is 22.7 Å². The number of Topliss-reactive ketones (excluding diaryl/α,β-unsaturated/α-hetero) is 1. The average molecular weight is 437 g/mol. The Morgan fingerprint density at radius 2 is 2.00 bits per heavy atom. The van der Waals surface area contributed by atoms with Gasteiger partial charge in [-0.2, -0.15) is 0 Å². The summed E-state index contributed by atoms with van der Waals surface area (Å²) in [7, 11) is 0. The van der Waals surface area contributed by atoms with E-state index in [-0.39, 0.29) is 17.3 Å². The van der Waals surface area contributed by atoms with Crippen molar-refractivity contribution in [2.45, 2.75) is 45.3 Å². The average Bonchev–Trinajstić information content (AvgIpc) is 2.49. The van der Waals surface area contributed by atoms with E-state index >= 15 is 0 Å². The van der Waals surface area contributed by atoms with E-state index in [0.717, 1.165) is 20.0 Å². The Hall–Kier alpha value is 0.0600. The smallest absolute Gasteiger partial charge is 0.170 e. The van der Waals surface area contributed by atoms with E-state index in [0.29, 0.717) is 0 Å². The molecule has 1 aliphatic rings. The molecule has 0 bridgehead atoms. The minimum Gasteiger partial charge on any atom is -0.369 e. The molecule has 2 nitrogen and oxygen atoms in total. The van der Waals surface area contributed by atoms with Crippen LogP contribution in [0.3, 0.4) is 0 Å². The third-order valence-corrected chi connectivity index (χ3v) is 4.95. The second kappa shape index (κ2) is 5.11. The lowest BCUT2D eigenvalue weighted by Gasteiger charge is -2.26. The van der Waals surface area contributed by atoms with Gasteiger partial charge in [0.05, 0.1) is 17.1 Å². The number of rotatable bonds is 2. The summed E-state index contributed by atoms with van der Waals surface area (Å²) in [4.78, 5) is 12.8. The maximum Gasteiger partial charge on any atom is 0.170 e. The van der Waals surface area contributed by atoms with Crippen molar-refractivity contribution in [3.63, 3.8) is 0 Å². The summed E-state index contributed by atoms with van der Waals surface area (Å²) in [6, 6.07) is 5.86. The van der Waals surface area contributed by atoms with Crippen molar-refractivity contribution in [1.82, 2.24) is 0 Å². The molecule has 0 N–H and O–H groups in total. The molecule has 0 amide bonds. The van der Waals surface area contributed by atoms with E-state index in [1.807, 2.05) is 45.9 Å². The van der Waals surface area contributed by atoms with Gasteiger partial charge in [0.15, 0.2) is 5.78 Å². The van der Waals surface area contributed by atoms with Gasteiger partial charge in [0, 0.05) is 13.6 Å². The van der Waals surface area contributed by atoms with E-state index in [1.165, 1.54) is 0 Å².